The average Bonchev–Trinajstić information content (AvgIpc) is 2.88. The van der Waals surface area contributed by atoms with E-state index in [-0.39, 0.29) is 0 Å². The Morgan fingerprint density at radius 1 is 1.47 bits per heavy atom. The van der Waals surface area contributed by atoms with Gasteiger partial charge in [-0.15, -0.1) is 11.3 Å². The van der Waals surface area contributed by atoms with E-state index < -0.39 is 0 Å². The second-order valence-electron chi connectivity index (χ2n) is 4.24. The molecule has 2 atom stereocenters. The first-order valence-corrected chi connectivity index (χ1v) is 6.57. The molecule has 0 aromatic carbocycles. The Labute approximate surface area is 95.1 Å². The highest BCUT2D eigenvalue weighted by Gasteiger charge is 2.25. The lowest BCUT2D eigenvalue weighted by atomic mass is 9.96. The number of aromatic nitrogens is 1. The molecular formula is C11H19N3S. The lowest BCUT2D eigenvalue weighted by Gasteiger charge is -2.17. The molecule has 3 nitrogen and oxygen atoms in total. The van der Waals surface area contributed by atoms with Crippen molar-refractivity contribution in [2.45, 2.75) is 25.8 Å². The van der Waals surface area contributed by atoms with Gasteiger partial charge in [0.15, 0.2) is 0 Å². The topological polar surface area (TPSA) is 50.9 Å². The molecule has 1 fully saturated rings. The minimum Gasteiger partial charge on any atom is -0.330 e. The molecule has 2 unspecified atom stereocenters. The van der Waals surface area contributed by atoms with Crippen LogP contribution in [0.3, 0.4) is 0 Å². The lowest BCUT2D eigenvalue weighted by molar-refractivity contribution is 0.373. The molecule has 0 amide bonds. The molecule has 0 bridgehead atoms. The van der Waals surface area contributed by atoms with Crippen molar-refractivity contribution < 1.29 is 0 Å². The molecule has 1 aliphatic carbocycles. The third-order valence-electron chi connectivity index (χ3n) is 3.29. The SMILES string of the molecule is NCC1CCCC1CNCc1nccs1. The van der Waals surface area contributed by atoms with Crippen molar-refractivity contribution in [1.29, 1.82) is 0 Å². The maximum absolute atomic E-state index is 5.75. The van der Waals surface area contributed by atoms with Crippen LogP contribution in [0.2, 0.25) is 0 Å². The Morgan fingerprint density at radius 2 is 2.33 bits per heavy atom. The van der Waals surface area contributed by atoms with Crippen LogP contribution in [0.5, 0.6) is 0 Å². The number of nitrogens with zero attached hydrogens (tertiary/aromatic N) is 1. The molecule has 84 valence electrons. The van der Waals surface area contributed by atoms with Gasteiger partial charge in [-0.1, -0.05) is 6.42 Å². The van der Waals surface area contributed by atoms with Crippen LogP contribution < -0.4 is 11.1 Å². The van der Waals surface area contributed by atoms with E-state index in [0.717, 1.165) is 31.5 Å². The first kappa shape index (κ1) is 11.0. The molecule has 1 aliphatic rings. The molecule has 2 rings (SSSR count). The van der Waals surface area contributed by atoms with Gasteiger partial charge in [0.2, 0.25) is 0 Å². The van der Waals surface area contributed by atoms with Crippen molar-refractivity contribution in [3.8, 4) is 0 Å². The summed E-state index contributed by atoms with van der Waals surface area (Å²) in [6.45, 7) is 2.86. The van der Waals surface area contributed by atoms with E-state index in [2.05, 4.69) is 10.3 Å². The molecule has 0 spiro atoms. The van der Waals surface area contributed by atoms with Crippen LogP contribution in [-0.4, -0.2) is 18.1 Å². The van der Waals surface area contributed by atoms with Crippen LogP contribution >= 0.6 is 11.3 Å². The molecule has 1 aromatic heterocycles. The fourth-order valence-electron chi connectivity index (χ4n) is 2.40. The van der Waals surface area contributed by atoms with Gasteiger partial charge in [0.05, 0.1) is 0 Å². The zero-order valence-corrected chi connectivity index (χ0v) is 9.80. The summed E-state index contributed by atoms with van der Waals surface area (Å²) in [6, 6.07) is 0. The molecule has 0 aliphatic heterocycles. The highest BCUT2D eigenvalue weighted by Crippen LogP contribution is 2.30. The van der Waals surface area contributed by atoms with Crippen molar-refractivity contribution in [1.82, 2.24) is 10.3 Å². The molecule has 0 radical (unpaired) electrons. The fourth-order valence-corrected chi connectivity index (χ4v) is 2.98. The Kier molecular flexibility index (Phi) is 4.11. The van der Waals surface area contributed by atoms with Gasteiger partial charge in [-0.2, -0.15) is 0 Å². The Bertz CT molecular complexity index is 273. The summed E-state index contributed by atoms with van der Waals surface area (Å²) in [5.74, 6) is 1.53. The van der Waals surface area contributed by atoms with E-state index >= 15 is 0 Å². The van der Waals surface area contributed by atoms with Gasteiger partial charge < -0.3 is 11.1 Å². The standard InChI is InChI=1S/C11H19N3S/c12-6-9-2-1-3-10(9)7-13-8-11-14-4-5-15-11/h4-5,9-10,13H,1-3,6-8,12H2. The van der Waals surface area contributed by atoms with Gasteiger partial charge in [0.1, 0.15) is 5.01 Å². The first-order chi connectivity index (χ1) is 7.40. The van der Waals surface area contributed by atoms with Gasteiger partial charge in [0, 0.05) is 18.1 Å². The number of thiazole rings is 1. The minimum absolute atomic E-state index is 0.744. The number of hydrogen-bond acceptors (Lipinski definition) is 4. The Morgan fingerprint density at radius 3 is 3.07 bits per heavy atom. The van der Waals surface area contributed by atoms with E-state index in [1.807, 2.05) is 11.6 Å². The molecule has 15 heavy (non-hydrogen) atoms. The van der Waals surface area contributed by atoms with Crippen LogP contribution in [0.4, 0.5) is 0 Å². The summed E-state index contributed by atoms with van der Waals surface area (Å²) in [4.78, 5) is 4.25. The largest absolute Gasteiger partial charge is 0.330 e. The number of hydrogen-bond donors (Lipinski definition) is 2. The molecule has 3 N–H and O–H groups in total. The predicted octanol–water partition coefficient (Wildman–Crippen LogP) is 1.61. The van der Waals surface area contributed by atoms with Crippen LogP contribution in [0, 0.1) is 11.8 Å². The number of nitrogens with one attached hydrogen (secondary N) is 1. The molecule has 4 heteroatoms. The van der Waals surface area contributed by atoms with Crippen molar-refractivity contribution in [2.75, 3.05) is 13.1 Å². The zero-order chi connectivity index (χ0) is 10.5. The summed E-state index contributed by atoms with van der Waals surface area (Å²) >= 11 is 1.71. The van der Waals surface area contributed by atoms with E-state index in [4.69, 9.17) is 5.73 Å². The van der Waals surface area contributed by atoms with E-state index in [1.54, 1.807) is 11.3 Å². The van der Waals surface area contributed by atoms with Gasteiger partial charge >= 0.3 is 0 Å². The second kappa shape index (κ2) is 5.58. The summed E-state index contributed by atoms with van der Waals surface area (Å²) in [6.07, 6.45) is 5.87. The number of nitrogens with two attached hydrogens (primary N) is 1. The van der Waals surface area contributed by atoms with Crippen LogP contribution in [0.1, 0.15) is 24.3 Å². The molecule has 1 saturated carbocycles. The maximum Gasteiger partial charge on any atom is 0.106 e. The number of rotatable bonds is 5. The first-order valence-electron chi connectivity index (χ1n) is 5.69. The fraction of sp³-hybridized carbons (Fsp3) is 0.727. The van der Waals surface area contributed by atoms with Gasteiger partial charge in [-0.3, -0.25) is 0 Å². The van der Waals surface area contributed by atoms with Crippen molar-refractivity contribution in [3.05, 3.63) is 16.6 Å². The third-order valence-corrected chi connectivity index (χ3v) is 4.07. The van der Waals surface area contributed by atoms with E-state index in [9.17, 15) is 0 Å². The van der Waals surface area contributed by atoms with Crippen LogP contribution in [-0.2, 0) is 6.54 Å². The summed E-state index contributed by atoms with van der Waals surface area (Å²) in [5.41, 5.74) is 5.75. The Balaban J connectivity index is 1.69. The highest BCUT2D eigenvalue weighted by molar-refractivity contribution is 7.09. The lowest BCUT2D eigenvalue weighted by Crippen LogP contribution is -2.28. The highest BCUT2D eigenvalue weighted by atomic mass is 32.1. The van der Waals surface area contributed by atoms with Crippen LogP contribution in [0.15, 0.2) is 11.6 Å². The molecule has 1 aromatic rings. The Hall–Kier alpha value is -0.450. The van der Waals surface area contributed by atoms with Crippen molar-refractivity contribution in [3.63, 3.8) is 0 Å². The second-order valence-corrected chi connectivity index (χ2v) is 5.22. The van der Waals surface area contributed by atoms with E-state index in [1.165, 1.54) is 24.3 Å². The molecular weight excluding hydrogens is 206 g/mol. The summed E-state index contributed by atoms with van der Waals surface area (Å²) < 4.78 is 0. The van der Waals surface area contributed by atoms with Gasteiger partial charge in [-0.05, 0) is 37.8 Å². The van der Waals surface area contributed by atoms with Crippen molar-refractivity contribution in [2.24, 2.45) is 17.6 Å². The zero-order valence-electron chi connectivity index (χ0n) is 8.98. The maximum atomic E-state index is 5.75. The monoisotopic (exact) mass is 225 g/mol. The third kappa shape index (κ3) is 3.00. The van der Waals surface area contributed by atoms with Crippen molar-refractivity contribution >= 4 is 11.3 Å². The van der Waals surface area contributed by atoms with Gasteiger partial charge in [0.25, 0.3) is 0 Å². The minimum atomic E-state index is 0.744. The molecule has 1 heterocycles. The summed E-state index contributed by atoms with van der Waals surface area (Å²) in [7, 11) is 0. The predicted molar refractivity (Wildman–Crippen MR) is 63.7 cm³/mol. The normalized spacial score (nSPS) is 25.9. The smallest absolute Gasteiger partial charge is 0.106 e. The summed E-state index contributed by atoms with van der Waals surface area (Å²) in [5, 5.41) is 6.69. The quantitative estimate of drug-likeness (QED) is 0.800. The van der Waals surface area contributed by atoms with E-state index in [0.29, 0.717) is 0 Å². The average molecular weight is 225 g/mol. The van der Waals surface area contributed by atoms with Gasteiger partial charge in [-0.25, -0.2) is 4.98 Å². The molecule has 0 saturated heterocycles. The van der Waals surface area contributed by atoms with Crippen LogP contribution in [0.25, 0.3) is 0 Å².